The van der Waals surface area contributed by atoms with Crippen molar-refractivity contribution in [3.63, 3.8) is 0 Å². The first-order valence-corrected chi connectivity index (χ1v) is 13.0. The van der Waals surface area contributed by atoms with Gasteiger partial charge in [-0.15, -0.1) is 0 Å². The molecule has 1 aromatic carbocycles. The smallest absolute Gasteiger partial charge is 0.339 e. The third-order valence-electron chi connectivity index (χ3n) is 5.65. The summed E-state index contributed by atoms with van der Waals surface area (Å²) in [5.74, 6) is -1.60. The fraction of sp³-hybridized carbons (Fsp3) is 0.552. The molecule has 188 valence electrons. The number of carboxylic acids is 1. The van der Waals surface area contributed by atoms with Crippen LogP contribution in [-0.2, 0) is 11.2 Å². The molecule has 1 N–H and O–H groups in total. The molecule has 0 unspecified atom stereocenters. The molecule has 1 heterocycles. The number of unbranched alkanes of at least 4 members (excludes halogenated alkanes) is 10. The van der Waals surface area contributed by atoms with E-state index in [-0.39, 0.29) is 11.1 Å². The number of hydrogen-bond acceptors (Lipinski definition) is 4. The van der Waals surface area contributed by atoms with Gasteiger partial charge in [0.05, 0.1) is 17.7 Å². The van der Waals surface area contributed by atoms with Crippen molar-refractivity contribution in [2.75, 3.05) is 6.61 Å². The molecule has 5 nitrogen and oxygen atoms in total. The van der Waals surface area contributed by atoms with Gasteiger partial charge in [-0.2, -0.15) is 0 Å². The Balaban J connectivity index is 0.000000830. The van der Waals surface area contributed by atoms with E-state index in [1.165, 1.54) is 44.9 Å². The predicted molar refractivity (Wildman–Crippen MR) is 138 cm³/mol. The maximum atomic E-state index is 12.3. The van der Waals surface area contributed by atoms with Gasteiger partial charge in [-0.25, -0.2) is 9.59 Å². The van der Waals surface area contributed by atoms with Crippen LogP contribution in [0.15, 0.2) is 48.8 Å². The summed E-state index contributed by atoms with van der Waals surface area (Å²) in [6, 6.07) is 10.8. The predicted octanol–water partition coefficient (Wildman–Crippen LogP) is 7.89. The molecule has 0 spiro atoms. The molecule has 2 rings (SSSR count). The van der Waals surface area contributed by atoms with Crippen LogP contribution in [0.4, 0.5) is 0 Å². The zero-order valence-corrected chi connectivity index (χ0v) is 21.1. The first kappa shape index (κ1) is 29.3. The van der Waals surface area contributed by atoms with Crippen molar-refractivity contribution in [2.24, 2.45) is 0 Å². The van der Waals surface area contributed by atoms with Crippen LogP contribution in [0.1, 0.15) is 117 Å². The van der Waals surface area contributed by atoms with E-state index >= 15 is 0 Å². The number of hydrogen-bond donors (Lipinski definition) is 1. The number of carbonyl (C=O) groups excluding carboxylic acids is 1. The monoisotopic (exact) mass is 469 g/mol. The number of aryl methyl sites for hydroxylation is 1. The fourth-order valence-corrected chi connectivity index (χ4v) is 3.65. The van der Waals surface area contributed by atoms with E-state index in [2.05, 4.69) is 18.8 Å². The molecule has 0 aliphatic carbocycles. The van der Waals surface area contributed by atoms with Crippen LogP contribution in [0.2, 0.25) is 0 Å². The number of benzene rings is 1. The molecule has 0 aliphatic rings. The van der Waals surface area contributed by atoms with Crippen LogP contribution in [0, 0.1) is 0 Å². The minimum Gasteiger partial charge on any atom is -0.478 e. The van der Waals surface area contributed by atoms with E-state index < -0.39 is 11.9 Å². The van der Waals surface area contributed by atoms with Crippen molar-refractivity contribution >= 4 is 11.9 Å². The number of rotatable bonds is 16. The average molecular weight is 470 g/mol. The second-order valence-corrected chi connectivity index (χ2v) is 8.63. The topological polar surface area (TPSA) is 76.5 Å². The summed E-state index contributed by atoms with van der Waals surface area (Å²) >= 11 is 0. The Morgan fingerprint density at radius 1 is 0.765 bits per heavy atom. The van der Waals surface area contributed by atoms with Crippen LogP contribution in [0.3, 0.4) is 0 Å². The average Bonchev–Trinajstić information content (AvgIpc) is 2.86. The highest BCUT2D eigenvalue weighted by Gasteiger charge is 2.18. The maximum Gasteiger partial charge on any atom is 0.339 e. The minimum atomic E-state index is -1.07. The van der Waals surface area contributed by atoms with Crippen LogP contribution < -0.4 is 0 Å². The van der Waals surface area contributed by atoms with E-state index in [4.69, 9.17) is 4.74 Å². The van der Waals surface area contributed by atoms with Crippen molar-refractivity contribution in [3.05, 3.63) is 65.5 Å². The lowest BCUT2D eigenvalue weighted by Gasteiger charge is -2.10. The molecule has 0 saturated heterocycles. The van der Waals surface area contributed by atoms with Gasteiger partial charge in [-0.1, -0.05) is 90.2 Å². The van der Waals surface area contributed by atoms with E-state index in [9.17, 15) is 14.7 Å². The van der Waals surface area contributed by atoms with Crippen molar-refractivity contribution in [1.29, 1.82) is 0 Å². The lowest BCUT2D eigenvalue weighted by atomic mass is 9.99. The SMILES string of the molecule is CCCCCCCCOC(=O)c1ccc(CCCCCCCC)cc1C(=O)O.c1ccncc1. The lowest BCUT2D eigenvalue weighted by molar-refractivity contribution is 0.0487. The summed E-state index contributed by atoms with van der Waals surface area (Å²) in [4.78, 5) is 27.7. The quantitative estimate of drug-likeness (QED) is 0.200. The first-order valence-electron chi connectivity index (χ1n) is 13.0. The van der Waals surface area contributed by atoms with Gasteiger partial charge in [0.15, 0.2) is 0 Å². The molecule has 0 atom stereocenters. The van der Waals surface area contributed by atoms with Gasteiger partial charge in [0.25, 0.3) is 0 Å². The Hall–Kier alpha value is -2.69. The number of aromatic carboxylic acids is 1. The summed E-state index contributed by atoms with van der Waals surface area (Å²) in [5.41, 5.74) is 1.18. The second kappa shape index (κ2) is 19.7. The Morgan fingerprint density at radius 3 is 1.88 bits per heavy atom. The van der Waals surface area contributed by atoms with Gasteiger partial charge < -0.3 is 9.84 Å². The summed E-state index contributed by atoms with van der Waals surface area (Å²) in [5, 5.41) is 9.49. The molecule has 2 aromatic rings. The van der Waals surface area contributed by atoms with Gasteiger partial charge in [-0.05, 0) is 49.1 Å². The number of esters is 1. The third-order valence-corrected chi connectivity index (χ3v) is 5.65. The minimum absolute atomic E-state index is 0.0522. The molecule has 1 aromatic heterocycles. The number of ether oxygens (including phenoxy) is 1. The second-order valence-electron chi connectivity index (χ2n) is 8.63. The molecule has 0 radical (unpaired) electrons. The number of carboxylic acid groups (broad SMARTS) is 1. The number of pyridine rings is 1. The fourth-order valence-electron chi connectivity index (χ4n) is 3.65. The number of aromatic nitrogens is 1. The van der Waals surface area contributed by atoms with Gasteiger partial charge in [0.2, 0.25) is 0 Å². The molecule has 0 aliphatic heterocycles. The van der Waals surface area contributed by atoms with Crippen LogP contribution in [-0.4, -0.2) is 28.6 Å². The zero-order chi connectivity index (χ0) is 24.9. The highest BCUT2D eigenvalue weighted by molar-refractivity contribution is 6.02. The van der Waals surface area contributed by atoms with Crippen LogP contribution in [0.25, 0.3) is 0 Å². The van der Waals surface area contributed by atoms with Crippen LogP contribution in [0.5, 0.6) is 0 Å². The van der Waals surface area contributed by atoms with Crippen molar-refractivity contribution in [1.82, 2.24) is 4.98 Å². The van der Waals surface area contributed by atoms with Crippen molar-refractivity contribution < 1.29 is 19.4 Å². The standard InChI is InChI=1S/C24H38O4.C5H5N/c1-3-5-7-9-11-13-15-20-16-17-21(22(19-20)23(25)26)24(27)28-18-14-12-10-8-6-4-2;1-2-4-6-5-3-1/h16-17,19H,3-15,18H2,1-2H3,(H,25,26);1-5H. The van der Waals surface area contributed by atoms with Crippen molar-refractivity contribution in [3.8, 4) is 0 Å². The molecule has 0 saturated carbocycles. The Labute approximate surface area is 206 Å². The van der Waals surface area contributed by atoms with Gasteiger partial charge in [0.1, 0.15) is 0 Å². The Bertz CT molecular complexity index is 765. The molecular formula is C29H43NO4. The summed E-state index contributed by atoms with van der Waals surface area (Å²) in [6.45, 7) is 4.73. The summed E-state index contributed by atoms with van der Waals surface area (Å²) in [7, 11) is 0. The maximum absolute atomic E-state index is 12.3. The van der Waals surface area contributed by atoms with E-state index in [1.807, 2.05) is 24.3 Å². The normalized spacial score (nSPS) is 10.3. The highest BCUT2D eigenvalue weighted by atomic mass is 16.5. The number of carbonyl (C=O) groups is 2. The third kappa shape index (κ3) is 13.8. The Morgan fingerprint density at radius 2 is 1.35 bits per heavy atom. The summed E-state index contributed by atoms with van der Waals surface area (Å²) < 4.78 is 5.30. The molecule has 0 amide bonds. The zero-order valence-electron chi connectivity index (χ0n) is 21.1. The molecule has 0 bridgehead atoms. The Kier molecular flexibility index (Phi) is 17.0. The van der Waals surface area contributed by atoms with E-state index in [1.54, 1.807) is 24.5 Å². The molecule has 5 heteroatoms. The lowest BCUT2D eigenvalue weighted by Crippen LogP contribution is -2.13. The van der Waals surface area contributed by atoms with Gasteiger partial charge in [0, 0.05) is 12.4 Å². The largest absolute Gasteiger partial charge is 0.478 e. The highest BCUT2D eigenvalue weighted by Crippen LogP contribution is 2.17. The number of nitrogens with zero attached hydrogens (tertiary/aromatic N) is 1. The van der Waals surface area contributed by atoms with E-state index in [0.29, 0.717) is 6.61 Å². The summed E-state index contributed by atoms with van der Waals surface area (Å²) in [6.07, 6.45) is 18.2. The van der Waals surface area contributed by atoms with Crippen LogP contribution >= 0.6 is 0 Å². The van der Waals surface area contributed by atoms with Gasteiger partial charge in [-0.3, -0.25) is 4.98 Å². The molecule has 34 heavy (non-hydrogen) atoms. The molecular weight excluding hydrogens is 426 g/mol. The van der Waals surface area contributed by atoms with Crippen molar-refractivity contribution in [2.45, 2.75) is 97.3 Å². The molecule has 0 fully saturated rings. The van der Waals surface area contributed by atoms with Gasteiger partial charge >= 0.3 is 11.9 Å². The first-order chi connectivity index (χ1) is 16.6. The van der Waals surface area contributed by atoms with E-state index in [0.717, 1.165) is 44.1 Å².